The first-order valence-corrected chi connectivity index (χ1v) is 11.9. The molecule has 1 heterocycles. The molecule has 1 saturated carbocycles. The Balaban J connectivity index is 2.09. The largest absolute Gasteiger partial charge is 0.612 e. The first-order chi connectivity index (χ1) is 12.6. The van der Waals surface area contributed by atoms with Crippen LogP contribution in [0.15, 0.2) is 27.7 Å². The maximum absolute atomic E-state index is 13.1. The minimum atomic E-state index is -3.48. The molecule has 7 nitrogen and oxygen atoms in total. The van der Waals surface area contributed by atoms with E-state index in [1.54, 1.807) is 0 Å². The second kappa shape index (κ2) is 7.56. The zero-order valence-corrected chi connectivity index (χ0v) is 17.4. The molecule has 0 saturated heterocycles. The predicted molar refractivity (Wildman–Crippen MR) is 102 cm³/mol. The zero-order valence-electron chi connectivity index (χ0n) is 15.1. The summed E-state index contributed by atoms with van der Waals surface area (Å²) >= 11 is 4.70. The molecule has 1 aromatic heterocycles. The topological polar surface area (TPSA) is 104 Å². The van der Waals surface area contributed by atoms with Crippen molar-refractivity contribution >= 4 is 38.6 Å². The lowest BCUT2D eigenvalue weighted by Gasteiger charge is -2.19. The maximum atomic E-state index is 13.1. The van der Waals surface area contributed by atoms with Crippen LogP contribution in [0.1, 0.15) is 46.0 Å². The number of hydrogen-bond acceptors (Lipinski definition) is 6. The van der Waals surface area contributed by atoms with Crippen LogP contribution in [0.3, 0.4) is 0 Å². The fourth-order valence-corrected chi connectivity index (χ4v) is 4.43. The fraction of sp³-hybridized carbons (Fsp3) is 0.412. The molecule has 0 bridgehead atoms. The Morgan fingerprint density at radius 2 is 2.07 bits per heavy atom. The third-order valence-corrected chi connectivity index (χ3v) is 7.13. The molecule has 0 spiro atoms. The summed E-state index contributed by atoms with van der Waals surface area (Å²) in [4.78, 5) is 13.4. The van der Waals surface area contributed by atoms with Crippen molar-refractivity contribution in [3.8, 4) is 0 Å². The van der Waals surface area contributed by atoms with E-state index in [1.807, 2.05) is 0 Å². The van der Waals surface area contributed by atoms with E-state index in [1.165, 1.54) is 31.6 Å². The van der Waals surface area contributed by atoms with Gasteiger partial charge >= 0.3 is 0 Å². The molecule has 0 N–H and O–H groups in total. The average molecular weight is 431 g/mol. The van der Waals surface area contributed by atoms with Crippen molar-refractivity contribution in [3.05, 3.63) is 45.8 Å². The molecular formula is C17H19ClN2O5S2. The lowest BCUT2D eigenvalue weighted by atomic mass is 10.0. The van der Waals surface area contributed by atoms with Crippen LogP contribution in [0.4, 0.5) is 0 Å². The molecular weight excluding hydrogens is 412 g/mol. The summed E-state index contributed by atoms with van der Waals surface area (Å²) in [7, 11) is -2.08. The fourth-order valence-electron chi connectivity index (χ4n) is 2.80. The lowest BCUT2D eigenvalue weighted by Crippen LogP contribution is -2.26. The highest BCUT2D eigenvalue weighted by molar-refractivity contribution is 7.90. The zero-order chi connectivity index (χ0) is 19.9. The van der Waals surface area contributed by atoms with E-state index in [-0.39, 0.29) is 33.7 Å². The van der Waals surface area contributed by atoms with Crippen LogP contribution < -0.4 is 0 Å². The predicted octanol–water partition coefficient (Wildman–Crippen LogP) is 2.57. The molecule has 1 aliphatic rings. The second-order valence-electron chi connectivity index (χ2n) is 6.58. The number of aromatic nitrogens is 1. The molecule has 3 rings (SSSR count). The number of sulfonamides is 1. The van der Waals surface area contributed by atoms with Gasteiger partial charge in [-0.3, -0.25) is 4.79 Å². The maximum Gasteiger partial charge on any atom is 0.211 e. The molecule has 2 aromatic rings. The Morgan fingerprint density at radius 1 is 1.41 bits per heavy atom. The van der Waals surface area contributed by atoms with Crippen LogP contribution in [0, 0.1) is 0 Å². The summed E-state index contributed by atoms with van der Waals surface area (Å²) in [6, 6.07) is 3.02. The number of hydrogen-bond donors (Lipinski definition) is 0. The van der Waals surface area contributed by atoms with E-state index in [0.29, 0.717) is 16.9 Å². The molecule has 0 amide bonds. The van der Waals surface area contributed by atoms with Crippen LogP contribution in [0.25, 0.3) is 0 Å². The van der Waals surface area contributed by atoms with Crippen molar-refractivity contribution in [1.29, 1.82) is 0 Å². The minimum Gasteiger partial charge on any atom is -0.612 e. The summed E-state index contributed by atoms with van der Waals surface area (Å²) < 4.78 is 42.4. The third kappa shape index (κ3) is 4.22. The van der Waals surface area contributed by atoms with Gasteiger partial charge in [0, 0.05) is 25.1 Å². The molecule has 1 unspecified atom stereocenters. The number of benzene rings is 1. The van der Waals surface area contributed by atoms with Gasteiger partial charge in [-0.05, 0) is 36.2 Å². The summed E-state index contributed by atoms with van der Waals surface area (Å²) in [5.74, 6) is 0.367. The van der Waals surface area contributed by atoms with Gasteiger partial charge in [-0.2, -0.15) is 0 Å². The Bertz CT molecular complexity index is 983. The smallest absolute Gasteiger partial charge is 0.211 e. The van der Waals surface area contributed by atoms with E-state index in [4.69, 9.17) is 16.1 Å². The van der Waals surface area contributed by atoms with Gasteiger partial charge in [0.15, 0.2) is 10.7 Å². The average Bonchev–Trinajstić information content (AvgIpc) is 3.31. The highest BCUT2D eigenvalue weighted by Crippen LogP contribution is 2.42. The van der Waals surface area contributed by atoms with Crippen molar-refractivity contribution in [2.24, 2.45) is 0 Å². The van der Waals surface area contributed by atoms with E-state index < -0.39 is 21.2 Å². The van der Waals surface area contributed by atoms with E-state index in [9.17, 15) is 17.8 Å². The number of nitrogens with zero attached hydrogens (tertiary/aromatic N) is 2. The van der Waals surface area contributed by atoms with E-state index in [0.717, 1.165) is 23.4 Å². The lowest BCUT2D eigenvalue weighted by molar-refractivity contribution is 0.103. The van der Waals surface area contributed by atoms with Crippen LogP contribution >= 0.6 is 11.6 Å². The highest BCUT2D eigenvalue weighted by Gasteiger charge is 2.35. The molecule has 27 heavy (non-hydrogen) atoms. The van der Waals surface area contributed by atoms with Crippen LogP contribution in [-0.4, -0.2) is 47.8 Å². The van der Waals surface area contributed by atoms with E-state index >= 15 is 0 Å². The summed E-state index contributed by atoms with van der Waals surface area (Å²) in [5.41, 5.74) is 0.900. The molecule has 1 fully saturated rings. The van der Waals surface area contributed by atoms with Crippen LogP contribution in [-0.2, 0) is 27.7 Å². The molecule has 1 aliphatic carbocycles. The van der Waals surface area contributed by atoms with Crippen LogP contribution in [0.5, 0.6) is 0 Å². The molecule has 1 aromatic carbocycles. The van der Waals surface area contributed by atoms with Crippen molar-refractivity contribution in [2.45, 2.75) is 30.2 Å². The molecule has 1 atom stereocenters. The van der Waals surface area contributed by atoms with Crippen molar-refractivity contribution in [3.63, 3.8) is 0 Å². The van der Waals surface area contributed by atoms with Crippen LogP contribution in [0.2, 0.25) is 5.02 Å². The summed E-state index contributed by atoms with van der Waals surface area (Å²) in [5, 5.41) is 3.99. The van der Waals surface area contributed by atoms with Gasteiger partial charge < -0.3 is 9.08 Å². The SMILES string of the molecule is CN(Cc1c(Cl)ccc(C(=O)c2cnoc2C2CC2)c1[S+](C)[O-])S(C)(=O)=O. The van der Waals surface area contributed by atoms with Crippen molar-refractivity contribution < 1.29 is 22.3 Å². The molecule has 146 valence electrons. The molecule has 0 aliphatic heterocycles. The van der Waals surface area contributed by atoms with Gasteiger partial charge in [0.25, 0.3) is 0 Å². The van der Waals surface area contributed by atoms with Crippen molar-refractivity contribution in [2.75, 3.05) is 19.6 Å². The van der Waals surface area contributed by atoms with Gasteiger partial charge in [0.1, 0.15) is 6.26 Å². The van der Waals surface area contributed by atoms with Gasteiger partial charge in [-0.1, -0.05) is 16.8 Å². The van der Waals surface area contributed by atoms with E-state index in [2.05, 4.69) is 5.16 Å². The van der Waals surface area contributed by atoms with Crippen molar-refractivity contribution in [1.82, 2.24) is 9.46 Å². The monoisotopic (exact) mass is 430 g/mol. The number of carbonyl (C=O) groups is 1. The molecule has 10 heteroatoms. The molecule has 0 radical (unpaired) electrons. The number of carbonyl (C=O) groups excluding carboxylic acids is 1. The first-order valence-electron chi connectivity index (χ1n) is 8.16. The highest BCUT2D eigenvalue weighted by atomic mass is 35.5. The quantitative estimate of drug-likeness (QED) is 0.494. The third-order valence-electron chi connectivity index (χ3n) is 4.47. The second-order valence-corrected chi connectivity index (χ2v) is 10.4. The minimum absolute atomic E-state index is 0.0905. The Kier molecular flexibility index (Phi) is 5.69. The van der Waals surface area contributed by atoms with Gasteiger partial charge in [0.05, 0.1) is 28.6 Å². The van der Waals surface area contributed by atoms with Gasteiger partial charge in [-0.15, -0.1) is 0 Å². The Morgan fingerprint density at radius 3 is 2.63 bits per heavy atom. The standard InChI is InChI=1S/C17H19ClN2O5S2/c1-20(27(3,23)24)9-13-14(18)7-6-11(17(13)26(2)22)15(21)12-8-19-25-16(12)10-4-5-10/h6-8,10H,4-5,9H2,1-3H3. The summed E-state index contributed by atoms with van der Waals surface area (Å²) in [6.07, 6.45) is 5.74. The van der Waals surface area contributed by atoms with Gasteiger partial charge in [0.2, 0.25) is 15.8 Å². The number of halogens is 1. The first kappa shape index (κ1) is 20.3. The Hall–Kier alpha value is -1.39. The Labute approximate surface area is 165 Å². The summed E-state index contributed by atoms with van der Waals surface area (Å²) in [6.45, 7) is -0.0905. The number of rotatable bonds is 7. The number of ketones is 1. The van der Waals surface area contributed by atoms with Gasteiger partial charge in [-0.25, -0.2) is 12.7 Å². The normalized spacial score (nSPS) is 15.9.